The minimum atomic E-state index is -0.293. The molecule has 4 fully saturated rings. The second kappa shape index (κ2) is 5.91. The van der Waals surface area contributed by atoms with Crippen molar-refractivity contribution in [1.29, 1.82) is 0 Å². The fourth-order valence-corrected chi connectivity index (χ4v) is 5.56. The van der Waals surface area contributed by atoms with Crippen LogP contribution in [0.1, 0.15) is 44.1 Å². The van der Waals surface area contributed by atoms with Crippen LogP contribution in [0.25, 0.3) is 0 Å². The van der Waals surface area contributed by atoms with Gasteiger partial charge in [0.2, 0.25) is 0 Å². The van der Waals surface area contributed by atoms with E-state index < -0.39 is 0 Å². The predicted molar refractivity (Wildman–Crippen MR) is 91.4 cm³/mol. The summed E-state index contributed by atoms with van der Waals surface area (Å²) in [5.74, 6) is 1.69. The molecule has 5 rings (SSSR count). The second-order valence-electron chi connectivity index (χ2n) is 8.19. The molecule has 4 bridgehead atoms. The van der Waals surface area contributed by atoms with Crippen molar-refractivity contribution in [2.24, 2.45) is 23.2 Å². The largest absolute Gasteiger partial charge is 0.455 e. The molecule has 0 aromatic heterocycles. The van der Waals surface area contributed by atoms with Crippen LogP contribution in [0.2, 0.25) is 0 Å². The van der Waals surface area contributed by atoms with Crippen molar-refractivity contribution in [2.45, 2.75) is 45.4 Å². The van der Waals surface area contributed by atoms with Gasteiger partial charge in [0, 0.05) is 5.69 Å². The van der Waals surface area contributed by atoms with Crippen LogP contribution in [0.15, 0.2) is 24.3 Å². The predicted octanol–water partition coefficient (Wildman–Crippen LogP) is 3.69. The SMILES string of the molecule is Cc1cccc(NC(=O)COC(=O)C23CC4CC(CC(C4)C2)C3)c1. The number of rotatable bonds is 4. The third-order valence-electron chi connectivity index (χ3n) is 6.11. The van der Waals surface area contributed by atoms with Crippen molar-refractivity contribution in [2.75, 3.05) is 11.9 Å². The van der Waals surface area contributed by atoms with Gasteiger partial charge in [-0.25, -0.2) is 0 Å². The van der Waals surface area contributed by atoms with Crippen molar-refractivity contribution >= 4 is 17.6 Å². The average Bonchev–Trinajstić information content (AvgIpc) is 2.51. The Bertz CT molecular complexity index is 631. The minimum absolute atomic E-state index is 0.138. The number of ether oxygens (including phenoxy) is 1. The smallest absolute Gasteiger partial charge is 0.312 e. The Morgan fingerprint density at radius 3 is 2.33 bits per heavy atom. The van der Waals surface area contributed by atoms with E-state index in [1.807, 2.05) is 31.2 Å². The maximum absolute atomic E-state index is 12.7. The van der Waals surface area contributed by atoms with E-state index in [2.05, 4.69) is 5.32 Å². The Kier molecular flexibility index (Phi) is 3.86. The standard InChI is InChI=1S/C20H25NO3/c1-13-3-2-4-17(5-13)21-18(22)12-24-19(23)20-9-14-6-15(10-20)8-16(7-14)11-20/h2-5,14-16H,6-12H2,1H3,(H,21,22). The number of amides is 1. The van der Waals surface area contributed by atoms with Gasteiger partial charge >= 0.3 is 5.97 Å². The summed E-state index contributed by atoms with van der Waals surface area (Å²) in [6, 6.07) is 7.61. The molecule has 0 spiro atoms. The van der Waals surface area contributed by atoms with E-state index in [0.717, 1.165) is 30.5 Å². The average molecular weight is 327 g/mol. The van der Waals surface area contributed by atoms with Gasteiger partial charge in [-0.3, -0.25) is 9.59 Å². The molecule has 4 heteroatoms. The van der Waals surface area contributed by atoms with Crippen LogP contribution in [0.5, 0.6) is 0 Å². The molecular weight excluding hydrogens is 302 g/mol. The highest BCUT2D eigenvalue weighted by molar-refractivity contribution is 5.93. The van der Waals surface area contributed by atoms with Crippen LogP contribution in [-0.4, -0.2) is 18.5 Å². The number of hydrogen-bond donors (Lipinski definition) is 1. The summed E-state index contributed by atoms with van der Waals surface area (Å²) in [6.07, 6.45) is 6.78. The molecule has 0 atom stereocenters. The summed E-state index contributed by atoms with van der Waals surface area (Å²) in [5.41, 5.74) is 1.53. The van der Waals surface area contributed by atoms with E-state index in [1.165, 1.54) is 19.3 Å². The van der Waals surface area contributed by atoms with E-state index >= 15 is 0 Å². The first-order chi connectivity index (χ1) is 11.5. The van der Waals surface area contributed by atoms with E-state index in [9.17, 15) is 9.59 Å². The summed E-state index contributed by atoms with van der Waals surface area (Å²) < 4.78 is 5.44. The lowest BCUT2D eigenvalue weighted by atomic mass is 9.49. The van der Waals surface area contributed by atoms with E-state index in [1.54, 1.807) is 0 Å². The van der Waals surface area contributed by atoms with Crippen LogP contribution in [0.3, 0.4) is 0 Å². The van der Waals surface area contributed by atoms with Crippen LogP contribution >= 0.6 is 0 Å². The summed E-state index contributed by atoms with van der Waals surface area (Å²) in [4.78, 5) is 24.8. The van der Waals surface area contributed by atoms with Crippen LogP contribution in [-0.2, 0) is 14.3 Å². The molecule has 0 unspecified atom stereocenters. The molecule has 0 heterocycles. The third kappa shape index (κ3) is 2.94. The number of carbonyl (C=O) groups excluding carboxylic acids is 2. The van der Waals surface area contributed by atoms with Crippen LogP contribution in [0.4, 0.5) is 5.69 Å². The topological polar surface area (TPSA) is 55.4 Å². The third-order valence-corrected chi connectivity index (χ3v) is 6.11. The zero-order valence-corrected chi connectivity index (χ0v) is 14.2. The first kappa shape index (κ1) is 15.7. The summed E-state index contributed by atoms with van der Waals surface area (Å²) in [7, 11) is 0. The van der Waals surface area contributed by atoms with E-state index in [4.69, 9.17) is 4.74 Å². The van der Waals surface area contributed by atoms with Gasteiger partial charge in [0.25, 0.3) is 5.91 Å². The Labute approximate surface area is 143 Å². The Morgan fingerprint density at radius 1 is 1.12 bits per heavy atom. The van der Waals surface area contributed by atoms with Crippen molar-refractivity contribution in [3.8, 4) is 0 Å². The Balaban J connectivity index is 1.34. The lowest BCUT2D eigenvalue weighted by Crippen LogP contribution is -2.50. The molecule has 1 aromatic carbocycles. The molecule has 128 valence electrons. The van der Waals surface area contributed by atoms with Crippen molar-refractivity contribution in [3.05, 3.63) is 29.8 Å². The Morgan fingerprint density at radius 2 is 1.75 bits per heavy atom. The van der Waals surface area contributed by atoms with E-state index in [-0.39, 0.29) is 23.9 Å². The molecule has 0 saturated heterocycles. The van der Waals surface area contributed by atoms with E-state index in [0.29, 0.717) is 17.8 Å². The highest BCUT2D eigenvalue weighted by Gasteiger charge is 2.55. The Hall–Kier alpha value is -1.84. The summed E-state index contributed by atoms with van der Waals surface area (Å²) in [5, 5.41) is 2.80. The molecular formula is C20H25NO3. The number of nitrogens with one attached hydrogen (secondary N) is 1. The van der Waals surface area contributed by atoms with Gasteiger partial charge in [0.15, 0.2) is 6.61 Å². The molecule has 1 N–H and O–H groups in total. The molecule has 4 aliphatic rings. The molecule has 4 nitrogen and oxygen atoms in total. The zero-order chi connectivity index (χ0) is 16.7. The van der Waals surface area contributed by atoms with Gasteiger partial charge in [0.05, 0.1) is 5.41 Å². The fraction of sp³-hybridized carbons (Fsp3) is 0.600. The molecule has 0 aliphatic heterocycles. The van der Waals surface area contributed by atoms with Gasteiger partial charge < -0.3 is 10.1 Å². The normalized spacial score (nSPS) is 33.3. The molecule has 1 aromatic rings. The van der Waals surface area contributed by atoms with Gasteiger partial charge in [-0.1, -0.05) is 12.1 Å². The number of carbonyl (C=O) groups is 2. The van der Waals surface area contributed by atoms with Crippen molar-refractivity contribution in [1.82, 2.24) is 0 Å². The molecule has 1 amide bonds. The lowest BCUT2D eigenvalue weighted by Gasteiger charge is -2.55. The second-order valence-corrected chi connectivity index (χ2v) is 8.19. The maximum Gasteiger partial charge on any atom is 0.312 e. The molecule has 24 heavy (non-hydrogen) atoms. The number of esters is 1. The number of anilines is 1. The lowest BCUT2D eigenvalue weighted by molar-refractivity contribution is -0.172. The van der Waals surface area contributed by atoms with Gasteiger partial charge in [0.1, 0.15) is 0 Å². The maximum atomic E-state index is 12.7. The highest BCUT2D eigenvalue weighted by atomic mass is 16.5. The zero-order valence-electron chi connectivity index (χ0n) is 14.2. The van der Waals surface area contributed by atoms with Crippen molar-refractivity contribution in [3.63, 3.8) is 0 Å². The van der Waals surface area contributed by atoms with Gasteiger partial charge in [-0.05, 0) is 80.9 Å². The number of aryl methyl sites for hydroxylation is 1. The number of hydrogen-bond acceptors (Lipinski definition) is 3. The summed E-state index contributed by atoms with van der Waals surface area (Å²) in [6.45, 7) is 1.79. The molecule has 4 saturated carbocycles. The monoisotopic (exact) mass is 327 g/mol. The first-order valence-electron chi connectivity index (χ1n) is 9.06. The van der Waals surface area contributed by atoms with Crippen LogP contribution < -0.4 is 5.32 Å². The van der Waals surface area contributed by atoms with Crippen molar-refractivity contribution < 1.29 is 14.3 Å². The quantitative estimate of drug-likeness (QED) is 0.858. The fourth-order valence-electron chi connectivity index (χ4n) is 5.56. The first-order valence-corrected chi connectivity index (χ1v) is 9.06. The molecule has 4 aliphatic carbocycles. The van der Waals surface area contributed by atoms with Gasteiger partial charge in [-0.15, -0.1) is 0 Å². The highest BCUT2D eigenvalue weighted by Crippen LogP contribution is 2.60. The molecule has 0 radical (unpaired) electrons. The summed E-state index contributed by atoms with van der Waals surface area (Å²) >= 11 is 0. The minimum Gasteiger partial charge on any atom is -0.455 e. The van der Waals surface area contributed by atoms with Gasteiger partial charge in [-0.2, -0.15) is 0 Å². The number of benzene rings is 1. The van der Waals surface area contributed by atoms with Crippen LogP contribution in [0, 0.1) is 30.1 Å².